The Labute approximate surface area is 534 Å². The van der Waals surface area contributed by atoms with E-state index in [0.717, 1.165) is 116 Å². The molecule has 0 spiro atoms. The molecule has 0 aromatic rings. The van der Waals surface area contributed by atoms with Crippen LogP contribution in [0.2, 0.25) is 0 Å². The Kier molecular flexibility index (Phi) is 63.4. The number of hydrogen-bond acceptors (Lipinski definition) is 8. The molecule has 0 saturated heterocycles. The molecule has 0 rings (SSSR count). The van der Waals surface area contributed by atoms with Crippen molar-refractivity contribution in [3.05, 3.63) is 146 Å². The third-order valence-corrected chi connectivity index (χ3v) is 14.6. The molecule has 0 saturated carbocycles. The largest absolute Gasteiger partial charge is 0.545 e. The number of ether oxygens (including phenoxy) is 4. The van der Waals surface area contributed by atoms with E-state index in [1.807, 2.05) is 21.1 Å². The minimum atomic E-state index is -1.64. The molecule has 0 radical (unpaired) electrons. The van der Waals surface area contributed by atoms with Gasteiger partial charge in [-0.1, -0.05) is 288 Å². The quantitative estimate of drug-likeness (QED) is 0.0195. The molecule has 2 unspecified atom stereocenters. The van der Waals surface area contributed by atoms with Crippen molar-refractivity contribution in [2.24, 2.45) is 0 Å². The second-order valence-electron chi connectivity index (χ2n) is 24.1. The number of carbonyl (C=O) groups is 3. The SMILES string of the molecule is CC/C=C\C/C=C\C/C=C\C/C=C\C/C=C\C/C=C\C/C=C\CCCCCC(=O)OC(COC(=O)CCCCCCCCCCCCCCCCCCCCCCC/C=C\C/C=C\C/C=C\C/C=C\C/C=C\CC)COC(OCC[N+](C)(C)C)C(=O)[O-]. The zero-order valence-electron chi connectivity index (χ0n) is 56.3. The van der Waals surface area contributed by atoms with Crippen molar-refractivity contribution in [3.8, 4) is 0 Å². The molecule has 0 aliphatic heterocycles. The summed E-state index contributed by atoms with van der Waals surface area (Å²) in [6.45, 7) is 4.48. The summed E-state index contributed by atoms with van der Waals surface area (Å²) < 4.78 is 22.7. The van der Waals surface area contributed by atoms with Gasteiger partial charge in [-0.05, 0) is 116 Å². The Hall–Kier alpha value is -4.83. The highest BCUT2D eigenvalue weighted by Gasteiger charge is 2.22. The van der Waals surface area contributed by atoms with Crippen LogP contribution in [0.15, 0.2) is 146 Å². The van der Waals surface area contributed by atoms with E-state index in [9.17, 15) is 19.5 Å². The highest BCUT2D eigenvalue weighted by Crippen LogP contribution is 2.17. The Morgan fingerprint density at radius 2 is 0.621 bits per heavy atom. The second-order valence-corrected chi connectivity index (χ2v) is 24.1. The second kappa shape index (κ2) is 67.1. The predicted octanol–water partition coefficient (Wildman–Crippen LogP) is 20.6. The number of esters is 2. The smallest absolute Gasteiger partial charge is 0.306 e. The number of carbonyl (C=O) groups excluding carboxylic acids is 3. The van der Waals surface area contributed by atoms with Crippen LogP contribution < -0.4 is 5.11 Å². The van der Waals surface area contributed by atoms with Crippen LogP contribution in [0, 0.1) is 0 Å². The molecule has 0 heterocycles. The first-order valence-electron chi connectivity index (χ1n) is 35.0. The minimum absolute atomic E-state index is 0.135. The highest BCUT2D eigenvalue weighted by atomic mass is 16.7. The van der Waals surface area contributed by atoms with E-state index in [1.165, 1.54) is 122 Å². The molecule has 0 aliphatic carbocycles. The average molecular weight is 1210 g/mol. The summed E-state index contributed by atoms with van der Waals surface area (Å²) in [5, 5.41) is 11.8. The van der Waals surface area contributed by atoms with Crippen molar-refractivity contribution in [1.29, 1.82) is 0 Å². The Morgan fingerprint density at radius 1 is 0.345 bits per heavy atom. The van der Waals surface area contributed by atoms with Gasteiger partial charge in [-0.25, -0.2) is 0 Å². The minimum Gasteiger partial charge on any atom is -0.545 e. The first-order chi connectivity index (χ1) is 42.6. The standard InChI is InChI=1S/C78H129NO8/c1-6-8-10-12-14-16-18-20-22-24-26-28-30-32-33-34-35-36-37-38-39-40-41-42-43-45-46-48-50-52-54-56-58-60-62-64-66-68-75(80)85-72-74(73-86-78(77(82)83)84-71-70-79(3,4)5)87-76(81)69-67-65-63-61-59-57-55-53-51-49-47-44-31-29-27-25-23-21-19-17-15-13-11-9-7-2/h8-11,14-17,20-23,26-29,32-33,44,47,51,53,57,59,74,78H,6-7,12-13,18-19,24-25,30-31,34-43,45-46,48-50,52,54-56,58,60-73H2,1-5H3/b10-8-,11-9-,16-14-,17-15-,22-20-,23-21-,28-26-,29-27-,33-32-,47-44-,53-51-,59-57-. The van der Waals surface area contributed by atoms with Crippen LogP contribution in [-0.4, -0.2) is 82.3 Å². The van der Waals surface area contributed by atoms with Crippen LogP contribution >= 0.6 is 0 Å². The van der Waals surface area contributed by atoms with Crippen LogP contribution in [0.25, 0.3) is 0 Å². The van der Waals surface area contributed by atoms with Gasteiger partial charge in [-0.15, -0.1) is 0 Å². The van der Waals surface area contributed by atoms with E-state index in [1.54, 1.807) is 0 Å². The monoisotopic (exact) mass is 1210 g/mol. The number of carboxylic acids is 1. The molecule has 0 amide bonds. The lowest BCUT2D eigenvalue weighted by atomic mass is 10.0. The third-order valence-electron chi connectivity index (χ3n) is 14.6. The summed E-state index contributed by atoms with van der Waals surface area (Å²) in [6.07, 6.45) is 95.1. The van der Waals surface area contributed by atoms with Crippen molar-refractivity contribution in [2.75, 3.05) is 47.5 Å². The molecule has 0 N–H and O–H groups in total. The van der Waals surface area contributed by atoms with Gasteiger partial charge in [0, 0.05) is 12.8 Å². The Morgan fingerprint density at radius 3 is 0.931 bits per heavy atom. The van der Waals surface area contributed by atoms with Gasteiger partial charge in [0.25, 0.3) is 0 Å². The third kappa shape index (κ3) is 68.5. The van der Waals surface area contributed by atoms with Crippen LogP contribution in [-0.2, 0) is 33.3 Å². The highest BCUT2D eigenvalue weighted by molar-refractivity contribution is 5.70. The van der Waals surface area contributed by atoms with Crippen LogP contribution in [0.3, 0.4) is 0 Å². The number of allylic oxidation sites excluding steroid dienone is 24. The maximum atomic E-state index is 12.9. The van der Waals surface area contributed by atoms with Gasteiger partial charge in [-0.2, -0.15) is 0 Å². The molecule has 0 aromatic carbocycles. The molecule has 2 atom stereocenters. The number of likely N-dealkylation sites (N-methyl/N-ethyl adjacent to an activating group) is 1. The summed E-state index contributed by atoms with van der Waals surface area (Å²) >= 11 is 0. The van der Waals surface area contributed by atoms with E-state index in [4.69, 9.17) is 18.9 Å². The first-order valence-corrected chi connectivity index (χ1v) is 35.0. The van der Waals surface area contributed by atoms with Crippen molar-refractivity contribution < 1.29 is 42.9 Å². The van der Waals surface area contributed by atoms with Gasteiger partial charge >= 0.3 is 11.9 Å². The lowest BCUT2D eigenvalue weighted by Crippen LogP contribution is -2.44. The van der Waals surface area contributed by atoms with Crippen molar-refractivity contribution in [1.82, 2.24) is 0 Å². The molecule has 0 aromatic heterocycles. The summed E-state index contributed by atoms with van der Waals surface area (Å²) in [5.41, 5.74) is 0. The topological polar surface area (TPSA) is 111 Å². The van der Waals surface area contributed by atoms with Crippen molar-refractivity contribution in [3.63, 3.8) is 0 Å². The summed E-state index contributed by atoms with van der Waals surface area (Å²) in [5.74, 6) is -2.33. The summed E-state index contributed by atoms with van der Waals surface area (Å²) in [6, 6.07) is 0. The zero-order valence-corrected chi connectivity index (χ0v) is 56.3. The number of nitrogens with zero attached hydrogens (tertiary/aromatic N) is 1. The lowest BCUT2D eigenvalue weighted by Gasteiger charge is -2.26. The molecule has 0 fully saturated rings. The number of rotatable bonds is 63. The van der Waals surface area contributed by atoms with Crippen LogP contribution in [0.1, 0.15) is 271 Å². The summed E-state index contributed by atoms with van der Waals surface area (Å²) in [7, 11) is 5.91. The van der Waals surface area contributed by atoms with Gasteiger partial charge in [0.1, 0.15) is 13.2 Å². The van der Waals surface area contributed by atoms with Gasteiger partial charge in [-0.3, -0.25) is 9.59 Å². The number of unbranched alkanes of at least 4 members (excludes halogenated alkanes) is 24. The molecular weight excluding hydrogens is 1080 g/mol. The molecule has 0 aliphatic rings. The molecule has 0 bridgehead atoms. The van der Waals surface area contributed by atoms with E-state index in [2.05, 4.69) is 160 Å². The normalized spacial score (nSPS) is 13.6. The van der Waals surface area contributed by atoms with Crippen LogP contribution in [0.5, 0.6) is 0 Å². The van der Waals surface area contributed by atoms with Gasteiger partial charge in [0.15, 0.2) is 12.4 Å². The fourth-order valence-electron chi connectivity index (χ4n) is 9.31. The number of carboxylic acid groups (broad SMARTS) is 1. The van der Waals surface area contributed by atoms with E-state index in [-0.39, 0.29) is 38.6 Å². The van der Waals surface area contributed by atoms with E-state index in [0.29, 0.717) is 17.4 Å². The fourth-order valence-corrected chi connectivity index (χ4v) is 9.31. The molecular formula is C78H129NO8. The molecule has 9 heteroatoms. The number of aliphatic carboxylic acids is 1. The predicted molar refractivity (Wildman–Crippen MR) is 370 cm³/mol. The molecule has 494 valence electrons. The average Bonchev–Trinajstić information content (AvgIpc) is 3.59. The van der Waals surface area contributed by atoms with Crippen molar-refractivity contribution in [2.45, 2.75) is 283 Å². The summed E-state index contributed by atoms with van der Waals surface area (Å²) in [4.78, 5) is 37.5. The molecule has 9 nitrogen and oxygen atoms in total. The lowest BCUT2D eigenvalue weighted by molar-refractivity contribution is -0.870. The number of hydrogen-bond donors (Lipinski definition) is 0. The van der Waals surface area contributed by atoms with E-state index < -0.39 is 24.3 Å². The molecule has 87 heavy (non-hydrogen) atoms. The zero-order chi connectivity index (χ0) is 63.3. The van der Waals surface area contributed by atoms with E-state index >= 15 is 0 Å². The first kappa shape index (κ1) is 82.2. The fraction of sp³-hybridized carbons (Fsp3) is 0.654. The maximum absolute atomic E-state index is 12.9. The van der Waals surface area contributed by atoms with Crippen LogP contribution in [0.4, 0.5) is 0 Å². The van der Waals surface area contributed by atoms with Crippen molar-refractivity contribution >= 4 is 17.9 Å². The van der Waals surface area contributed by atoms with Gasteiger partial charge in [0.2, 0.25) is 0 Å². The van der Waals surface area contributed by atoms with Gasteiger partial charge < -0.3 is 33.3 Å². The Bertz CT molecular complexity index is 1940. The number of quaternary nitrogens is 1. The van der Waals surface area contributed by atoms with Gasteiger partial charge in [0.05, 0.1) is 40.3 Å². The Balaban J connectivity index is 4.13. The maximum Gasteiger partial charge on any atom is 0.306 e.